The molecule has 1 rings (SSSR count). The highest BCUT2D eigenvalue weighted by Crippen LogP contribution is 2.25. The van der Waals surface area contributed by atoms with E-state index >= 15 is 0 Å². The van der Waals surface area contributed by atoms with E-state index in [2.05, 4.69) is 0 Å². The van der Waals surface area contributed by atoms with Crippen molar-refractivity contribution < 1.29 is 28.8 Å². The molecule has 5 atom stereocenters. The van der Waals surface area contributed by atoms with Gasteiger partial charge in [0.25, 0.3) is 0 Å². The molecule has 1 saturated heterocycles. The molecule has 16 heavy (non-hydrogen) atoms. The molecule has 1 aliphatic heterocycles. The van der Waals surface area contributed by atoms with Crippen LogP contribution < -0.4 is 0 Å². The lowest BCUT2D eigenvalue weighted by molar-refractivity contribution is -0.300. The fourth-order valence-corrected chi connectivity index (χ4v) is 2.00. The van der Waals surface area contributed by atoms with Crippen LogP contribution in [0.15, 0.2) is 0 Å². The first-order valence-electron chi connectivity index (χ1n) is 5.10. The summed E-state index contributed by atoms with van der Waals surface area (Å²) in [6.45, 7) is 0.325. The summed E-state index contributed by atoms with van der Waals surface area (Å²) in [6.07, 6.45) is -2.71. The summed E-state index contributed by atoms with van der Waals surface area (Å²) in [5, 5.41) is 9.74. The number of aliphatic hydroxyl groups is 1. The maximum Gasteiger partial charge on any atom is 0.184 e. The molecule has 6 nitrogen and oxygen atoms in total. The molecule has 0 aliphatic carbocycles. The van der Waals surface area contributed by atoms with Crippen LogP contribution in [0.25, 0.3) is 0 Å². The van der Waals surface area contributed by atoms with E-state index in [1.807, 2.05) is 0 Å². The first kappa shape index (κ1) is 13.8. The Morgan fingerprint density at radius 2 is 1.50 bits per heavy atom. The highest BCUT2D eigenvalue weighted by Gasteiger charge is 2.46. The molecule has 0 amide bonds. The van der Waals surface area contributed by atoms with Crippen LogP contribution in [0.3, 0.4) is 0 Å². The Hall–Kier alpha value is -0.240. The number of hydrogen-bond donors (Lipinski definition) is 1. The second-order valence-corrected chi connectivity index (χ2v) is 3.62. The molecule has 0 spiro atoms. The van der Waals surface area contributed by atoms with Gasteiger partial charge in [0.15, 0.2) is 6.29 Å². The standard InChI is InChI=1S/C10H20O6/c1-12-5-6-7(13-2)8(14-3)9(15-4)10(11)16-6/h6-11H,5H2,1-4H3/t6-,7-,8+,9+,10?/m1/s1. The third-order valence-corrected chi connectivity index (χ3v) is 2.76. The van der Waals surface area contributed by atoms with Gasteiger partial charge in [-0.15, -0.1) is 0 Å². The quantitative estimate of drug-likeness (QED) is 0.687. The van der Waals surface area contributed by atoms with E-state index < -0.39 is 12.4 Å². The number of methoxy groups -OCH3 is 4. The number of hydrogen-bond acceptors (Lipinski definition) is 6. The summed E-state index contributed by atoms with van der Waals surface area (Å²) in [5.74, 6) is 0. The molecule has 1 N–H and O–H groups in total. The van der Waals surface area contributed by atoms with Gasteiger partial charge in [0.2, 0.25) is 0 Å². The lowest BCUT2D eigenvalue weighted by Crippen LogP contribution is -2.60. The maximum atomic E-state index is 9.74. The average Bonchev–Trinajstić information content (AvgIpc) is 2.28. The number of rotatable bonds is 5. The smallest absolute Gasteiger partial charge is 0.184 e. The molecule has 1 aliphatic rings. The van der Waals surface area contributed by atoms with E-state index in [4.69, 9.17) is 23.7 Å². The van der Waals surface area contributed by atoms with Crippen LogP contribution in [-0.2, 0) is 23.7 Å². The third kappa shape index (κ3) is 2.71. The fraction of sp³-hybridized carbons (Fsp3) is 1.00. The third-order valence-electron chi connectivity index (χ3n) is 2.76. The molecule has 1 unspecified atom stereocenters. The van der Waals surface area contributed by atoms with Crippen LogP contribution in [0.2, 0.25) is 0 Å². The Kier molecular flexibility index (Phi) is 5.60. The molecule has 0 aromatic rings. The zero-order valence-corrected chi connectivity index (χ0v) is 10.1. The molecule has 96 valence electrons. The van der Waals surface area contributed by atoms with Crippen molar-refractivity contribution in [2.45, 2.75) is 30.7 Å². The van der Waals surface area contributed by atoms with E-state index in [9.17, 15) is 5.11 Å². The molecule has 0 radical (unpaired) electrons. The summed E-state index contributed by atoms with van der Waals surface area (Å²) in [4.78, 5) is 0. The van der Waals surface area contributed by atoms with Gasteiger partial charge in [-0.05, 0) is 0 Å². The van der Waals surface area contributed by atoms with Crippen molar-refractivity contribution in [2.24, 2.45) is 0 Å². The Labute approximate surface area is 95.4 Å². The topological polar surface area (TPSA) is 66.4 Å². The minimum absolute atomic E-state index is 0.325. The summed E-state index contributed by atoms with van der Waals surface area (Å²) in [6, 6.07) is 0. The summed E-state index contributed by atoms with van der Waals surface area (Å²) in [7, 11) is 6.16. The monoisotopic (exact) mass is 236 g/mol. The van der Waals surface area contributed by atoms with Crippen molar-refractivity contribution in [3.05, 3.63) is 0 Å². The van der Waals surface area contributed by atoms with Crippen LogP contribution in [-0.4, -0.2) is 70.9 Å². The normalized spacial score (nSPS) is 39.9. The van der Waals surface area contributed by atoms with E-state index in [0.29, 0.717) is 6.61 Å². The molecule has 0 aromatic carbocycles. The van der Waals surface area contributed by atoms with Crippen molar-refractivity contribution in [1.29, 1.82) is 0 Å². The van der Waals surface area contributed by atoms with Gasteiger partial charge in [0.1, 0.15) is 24.4 Å². The van der Waals surface area contributed by atoms with E-state index in [1.54, 1.807) is 21.3 Å². The van der Waals surface area contributed by atoms with Crippen LogP contribution in [0.1, 0.15) is 0 Å². The van der Waals surface area contributed by atoms with E-state index in [0.717, 1.165) is 0 Å². The molecule has 1 heterocycles. The van der Waals surface area contributed by atoms with Crippen molar-refractivity contribution >= 4 is 0 Å². The second-order valence-electron chi connectivity index (χ2n) is 3.62. The predicted molar refractivity (Wildman–Crippen MR) is 55.1 cm³/mol. The van der Waals surface area contributed by atoms with Gasteiger partial charge >= 0.3 is 0 Å². The summed E-state index contributed by atoms with van der Waals surface area (Å²) < 4.78 is 26.1. The molecule has 0 saturated carbocycles. The van der Waals surface area contributed by atoms with Gasteiger partial charge in [-0.25, -0.2) is 0 Å². The Balaban J connectivity index is 2.78. The van der Waals surface area contributed by atoms with E-state index in [-0.39, 0.29) is 18.3 Å². The second kappa shape index (κ2) is 6.48. The van der Waals surface area contributed by atoms with Gasteiger partial charge in [-0.3, -0.25) is 0 Å². The zero-order chi connectivity index (χ0) is 12.1. The van der Waals surface area contributed by atoms with Gasteiger partial charge in [0, 0.05) is 28.4 Å². The number of ether oxygens (including phenoxy) is 5. The van der Waals surface area contributed by atoms with Gasteiger partial charge < -0.3 is 28.8 Å². The minimum Gasteiger partial charge on any atom is -0.382 e. The fourth-order valence-electron chi connectivity index (χ4n) is 2.00. The van der Waals surface area contributed by atoms with Crippen LogP contribution in [0.4, 0.5) is 0 Å². The molecular formula is C10H20O6. The SMILES string of the molecule is COC[C@H]1OC(O)[C@@H](OC)[C@@H](OC)[C@@H]1OC. The van der Waals surface area contributed by atoms with E-state index in [1.165, 1.54) is 7.11 Å². The van der Waals surface area contributed by atoms with Crippen molar-refractivity contribution in [1.82, 2.24) is 0 Å². The van der Waals surface area contributed by atoms with Crippen LogP contribution in [0, 0.1) is 0 Å². The maximum absolute atomic E-state index is 9.74. The largest absolute Gasteiger partial charge is 0.382 e. The zero-order valence-electron chi connectivity index (χ0n) is 10.1. The molecule has 6 heteroatoms. The first-order valence-corrected chi connectivity index (χ1v) is 5.10. The predicted octanol–water partition coefficient (Wildman–Crippen LogP) is -0.605. The molecular weight excluding hydrogens is 216 g/mol. The highest BCUT2D eigenvalue weighted by atomic mass is 16.7. The Morgan fingerprint density at radius 3 is 1.94 bits per heavy atom. The Morgan fingerprint density at radius 1 is 0.938 bits per heavy atom. The highest BCUT2D eigenvalue weighted by molar-refractivity contribution is 4.91. The van der Waals surface area contributed by atoms with Gasteiger partial charge in [-0.2, -0.15) is 0 Å². The average molecular weight is 236 g/mol. The minimum atomic E-state index is -1.04. The van der Waals surface area contributed by atoms with Crippen LogP contribution >= 0.6 is 0 Å². The van der Waals surface area contributed by atoms with Crippen molar-refractivity contribution in [3.63, 3.8) is 0 Å². The first-order chi connectivity index (χ1) is 7.69. The van der Waals surface area contributed by atoms with Crippen LogP contribution in [0.5, 0.6) is 0 Å². The lowest BCUT2D eigenvalue weighted by Gasteiger charge is -2.42. The molecule has 1 fully saturated rings. The van der Waals surface area contributed by atoms with Gasteiger partial charge in [-0.1, -0.05) is 0 Å². The van der Waals surface area contributed by atoms with Crippen molar-refractivity contribution in [3.8, 4) is 0 Å². The molecule has 0 bridgehead atoms. The summed E-state index contributed by atoms with van der Waals surface area (Å²) in [5.41, 5.74) is 0. The lowest BCUT2D eigenvalue weighted by atomic mass is 9.98. The van der Waals surface area contributed by atoms with Gasteiger partial charge in [0.05, 0.1) is 6.61 Å². The molecule has 0 aromatic heterocycles. The summed E-state index contributed by atoms with van der Waals surface area (Å²) >= 11 is 0. The number of aliphatic hydroxyl groups excluding tert-OH is 1. The van der Waals surface area contributed by atoms with Crippen molar-refractivity contribution in [2.75, 3.05) is 35.0 Å². The Bertz CT molecular complexity index is 200.